The van der Waals surface area contributed by atoms with E-state index < -0.39 is 0 Å². The number of aryl methyl sites for hydroxylation is 3. The lowest BCUT2D eigenvalue weighted by atomic mass is 9.97. The van der Waals surface area contributed by atoms with Gasteiger partial charge in [0.1, 0.15) is 0 Å². The first-order valence-corrected chi connectivity index (χ1v) is 9.50. The zero-order valence-electron chi connectivity index (χ0n) is 15.0. The maximum absolute atomic E-state index is 12.4. The van der Waals surface area contributed by atoms with Gasteiger partial charge in [-0.25, -0.2) is 9.67 Å². The van der Waals surface area contributed by atoms with Gasteiger partial charge < -0.3 is 4.57 Å². The Morgan fingerprint density at radius 1 is 1.24 bits per heavy atom. The summed E-state index contributed by atoms with van der Waals surface area (Å²) < 4.78 is 3.80. The second kappa shape index (κ2) is 7.12. The van der Waals surface area contributed by atoms with Crippen molar-refractivity contribution in [1.82, 2.24) is 24.2 Å². The highest BCUT2D eigenvalue weighted by atomic mass is 16.1. The molecule has 0 amide bonds. The quantitative estimate of drug-likeness (QED) is 0.828. The molecule has 3 heterocycles. The Kier molecular flexibility index (Phi) is 4.70. The first-order valence-electron chi connectivity index (χ1n) is 9.50. The molecular weight excluding hydrogens is 314 g/mol. The molecular formula is C19H27N5O. The third-order valence-corrected chi connectivity index (χ3v) is 5.73. The molecule has 1 saturated heterocycles. The van der Waals surface area contributed by atoms with Crippen LogP contribution < -0.4 is 5.56 Å². The summed E-state index contributed by atoms with van der Waals surface area (Å²) in [7, 11) is 2.04. The van der Waals surface area contributed by atoms with Gasteiger partial charge in [-0.05, 0) is 50.6 Å². The summed E-state index contributed by atoms with van der Waals surface area (Å²) in [6.45, 7) is 2.85. The molecule has 0 radical (unpaired) electrons. The average molecular weight is 341 g/mol. The van der Waals surface area contributed by atoms with Crippen molar-refractivity contribution in [3.63, 3.8) is 0 Å². The topological polar surface area (TPSA) is 56.0 Å². The first-order chi connectivity index (χ1) is 12.2. The molecule has 1 atom stereocenters. The fourth-order valence-corrected chi connectivity index (χ4v) is 4.21. The van der Waals surface area contributed by atoms with E-state index in [1.54, 1.807) is 4.68 Å². The molecule has 2 aliphatic rings. The molecule has 0 aromatic carbocycles. The van der Waals surface area contributed by atoms with Crippen LogP contribution in [0.1, 0.15) is 42.6 Å². The molecule has 25 heavy (non-hydrogen) atoms. The highest BCUT2D eigenvalue weighted by Crippen LogP contribution is 2.20. The molecule has 134 valence electrons. The van der Waals surface area contributed by atoms with Gasteiger partial charge in [0, 0.05) is 44.0 Å². The summed E-state index contributed by atoms with van der Waals surface area (Å²) in [5.74, 6) is 0. The molecule has 2 aromatic heterocycles. The number of imidazole rings is 1. The predicted octanol–water partition coefficient (Wildman–Crippen LogP) is 1.56. The summed E-state index contributed by atoms with van der Waals surface area (Å²) in [4.78, 5) is 19.2. The van der Waals surface area contributed by atoms with E-state index in [0.29, 0.717) is 6.04 Å². The molecule has 4 rings (SSSR count). The van der Waals surface area contributed by atoms with Crippen LogP contribution in [0.3, 0.4) is 0 Å². The van der Waals surface area contributed by atoms with Gasteiger partial charge in [-0.1, -0.05) is 0 Å². The van der Waals surface area contributed by atoms with Crippen molar-refractivity contribution in [2.24, 2.45) is 7.05 Å². The van der Waals surface area contributed by atoms with E-state index in [-0.39, 0.29) is 5.56 Å². The molecule has 0 bridgehead atoms. The number of fused-ring (bicyclic) bond motifs is 1. The first kappa shape index (κ1) is 16.5. The zero-order valence-corrected chi connectivity index (χ0v) is 15.0. The van der Waals surface area contributed by atoms with Crippen molar-refractivity contribution in [3.8, 4) is 0 Å². The van der Waals surface area contributed by atoms with Crippen LogP contribution in [-0.4, -0.2) is 43.4 Å². The molecule has 0 saturated carbocycles. The molecule has 0 N–H and O–H groups in total. The Morgan fingerprint density at radius 2 is 2.12 bits per heavy atom. The average Bonchev–Trinajstić information content (AvgIpc) is 3.22. The van der Waals surface area contributed by atoms with Crippen molar-refractivity contribution in [1.29, 1.82) is 0 Å². The van der Waals surface area contributed by atoms with E-state index in [9.17, 15) is 4.79 Å². The zero-order chi connectivity index (χ0) is 17.2. The molecule has 1 aliphatic carbocycles. The van der Waals surface area contributed by atoms with Gasteiger partial charge in [-0.15, -0.1) is 0 Å². The maximum atomic E-state index is 12.4. The fourth-order valence-electron chi connectivity index (χ4n) is 4.21. The molecule has 2 aromatic rings. The van der Waals surface area contributed by atoms with E-state index in [0.717, 1.165) is 51.0 Å². The van der Waals surface area contributed by atoms with E-state index in [1.807, 2.05) is 25.6 Å². The number of likely N-dealkylation sites (tertiary alicyclic amines) is 1. The Balaban J connectivity index is 1.44. The minimum Gasteiger partial charge on any atom is -0.338 e. The van der Waals surface area contributed by atoms with E-state index in [1.165, 1.54) is 30.5 Å². The molecule has 0 spiro atoms. The highest BCUT2D eigenvalue weighted by molar-refractivity contribution is 5.20. The second-order valence-electron chi connectivity index (χ2n) is 7.42. The van der Waals surface area contributed by atoms with Crippen LogP contribution in [0.4, 0.5) is 0 Å². The third kappa shape index (κ3) is 3.54. The Bertz CT molecular complexity index is 793. The Morgan fingerprint density at radius 3 is 2.96 bits per heavy atom. The lowest BCUT2D eigenvalue weighted by Crippen LogP contribution is -2.38. The van der Waals surface area contributed by atoms with Gasteiger partial charge in [0.15, 0.2) is 0 Å². The van der Waals surface area contributed by atoms with Crippen LogP contribution in [0.2, 0.25) is 0 Å². The predicted molar refractivity (Wildman–Crippen MR) is 96.6 cm³/mol. The summed E-state index contributed by atoms with van der Waals surface area (Å²) in [5.41, 5.74) is 3.64. The van der Waals surface area contributed by atoms with Crippen molar-refractivity contribution >= 4 is 0 Å². The lowest BCUT2D eigenvalue weighted by molar-refractivity contribution is 0.225. The van der Waals surface area contributed by atoms with Crippen LogP contribution in [0, 0.1) is 0 Å². The smallest absolute Gasteiger partial charge is 0.267 e. The minimum atomic E-state index is 0.0686. The molecule has 6 heteroatoms. The van der Waals surface area contributed by atoms with Crippen LogP contribution in [-0.2, 0) is 32.9 Å². The fraction of sp³-hybridized carbons (Fsp3) is 0.632. The van der Waals surface area contributed by atoms with Crippen LogP contribution in [0.25, 0.3) is 0 Å². The van der Waals surface area contributed by atoms with Gasteiger partial charge in [0.2, 0.25) is 0 Å². The number of hydrogen-bond acceptors (Lipinski definition) is 4. The molecule has 1 aliphatic heterocycles. The summed E-state index contributed by atoms with van der Waals surface area (Å²) in [5, 5.41) is 4.70. The molecule has 6 nitrogen and oxygen atoms in total. The number of aromatic nitrogens is 4. The van der Waals surface area contributed by atoms with E-state index >= 15 is 0 Å². The highest BCUT2D eigenvalue weighted by Gasteiger charge is 2.26. The third-order valence-electron chi connectivity index (χ3n) is 5.73. The van der Waals surface area contributed by atoms with Crippen molar-refractivity contribution in [3.05, 3.63) is 45.9 Å². The van der Waals surface area contributed by atoms with Gasteiger partial charge in [-0.3, -0.25) is 9.69 Å². The number of nitrogens with zero attached hydrogens (tertiary/aromatic N) is 5. The summed E-state index contributed by atoms with van der Waals surface area (Å²) in [6, 6.07) is 2.25. The van der Waals surface area contributed by atoms with Crippen LogP contribution in [0.15, 0.2) is 23.4 Å². The van der Waals surface area contributed by atoms with Gasteiger partial charge in [0.05, 0.1) is 18.6 Å². The van der Waals surface area contributed by atoms with Crippen LogP contribution >= 0.6 is 0 Å². The largest absolute Gasteiger partial charge is 0.338 e. The van der Waals surface area contributed by atoms with Gasteiger partial charge in [-0.2, -0.15) is 5.10 Å². The van der Waals surface area contributed by atoms with E-state index in [2.05, 4.69) is 14.5 Å². The maximum Gasteiger partial charge on any atom is 0.267 e. The SMILES string of the molecule is Cn1cncc1CCN1CCCC1Cn1nc2c(cc1=O)CCCC2. The lowest BCUT2D eigenvalue weighted by Gasteiger charge is -2.25. The minimum absolute atomic E-state index is 0.0686. The van der Waals surface area contributed by atoms with Gasteiger partial charge in [0.25, 0.3) is 5.56 Å². The summed E-state index contributed by atoms with van der Waals surface area (Å²) >= 11 is 0. The van der Waals surface area contributed by atoms with E-state index in [4.69, 9.17) is 5.10 Å². The Hall–Kier alpha value is -1.95. The monoisotopic (exact) mass is 341 g/mol. The van der Waals surface area contributed by atoms with Crippen molar-refractivity contribution in [2.75, 3.05) is 13.1 Å². The van der Waals surface area contributed by atoms with Crippen LogP contribution in [0.5, 0.6) is 0 Å². The Labute approximate surface area is 148 Å². The standard InChI is InChI=1S/C19H27N5O/c1-22-14-20-12-16(22)8-10-23-9-4-6-17(23)13-24-19(25)11-15-5-2-3-7-18(15)21-24/h11-12,14,17H,2-10,13H2,1H3. The normalized spacial score (nSPS) is 20.8. The molecule has 1 unspecified atom stereocenters. The second-order valence-corrected chi connectivity index (χ2v) is 7.42. The number of rotatable bonds is 5. The summed E-state index contributed by atoms with van der Waals surface area (Å²) in [6.07, 6.45) is 11.6. The van der Waals surface area contributed by atoms with Crippen molar-refractivity contribution in [2.45, 2.75) is 57.5 Å². The molecule has 1 fully saturated rings. The van der Waals surface area contributed by atoms with Crippen molar-refractivity contribution < 1.29 is 0 Å². The number of hydrogen-bond donors (Lipinski definition) is 0. The van der Waals surface area contributed by atoms with Gasteiger partial charge >= 0.3 is 0 Å².